The Morgan fingerprint density at radius 2 is 1.95 bits per heavy atom. The second-order valence-corrected chi connectivity index (χ2v) is 12.3. The average molecular weight is 571 g/mol. The summed E-state index contributed by atoms with van der Waals surface area (Å²) in [4.78, 5) is 27.6. The second kappa shape index (κ2) is 11.7. The SMILES string of the molecule is Cc1ccccc1NC(=O)CSc1nnc(N2C(N)=C(C#N)C(c3ccc(C(C)C)cc3)C3=C2CCCC3=O)s1. The quantitative estimate of drug-likeness (QED) is 0.331. The number of nitriles is 1. The van der Waals surface area contributed by atoms with Crippen LogP contribution in [0.3, 0.4) is 0 Å². The van der Waals surface area contributed by atoms with Crippen molar-refractivity contribution < 1.29 is 9.59 Å². The summed E-state index contributed by atoms with van der Waals surface area (Å²) in [6.45, 7) is 6.20. The molecule has 0 radical (unpaired) electrons. The van der Waals surface area contributed by atoms with Gasteiger partial charge < -0.3 is 11.1 Å². The Bertz CT molecular complexity index is 1570. The zero-order valence-electron chi connectivity index (χ0n) is 22.6. The molecule has 0 fully saturated rings. The molecule has 0 saturated carbocycles. The number of allylic oxidation sites excluding steroid dienone is 3. The topological polar surface area (TPSA) is 125 Å². The van der Waals surface area contributed by atoms with E-state index in [0.717, 1.165) is 22.5 Å². The van der Waals surface area contributed by atoms with E-state index in [-0.39, 0.29) is 23.3 Å². The number of rotatable bonds is 7. The third-order valence-corrected chi connectivity index (χ3v) is 9.22. The summed E-state index contributed by atoms with van der Waals surface area (Å²) in [7, 11) is 0. The summed E-state index contributed by atoms with van der Waals surface area (Å²) in [5.41, 5.74) is 12.2. The maximum absolute atomic E-state index is 13.4. The largest absolute Gasteiger partial charge is 0.384 e. The maximum atomic E-state index is 13.4. The van der Waals surface area contributed by atoms with Gasteiger partial charge in [0.15, 0.2) is 10.1 Å². The van der Waals surface area contributed by atoms with Gasteiger partial charge in [0.25, 0.3) is 0 Å². The van der Waals surface area contributed by atoms with E-state index in [1.165, 1.54) is 28.7 Å². The number of nitrogens with zero attached hydrogens (tertiary/aromatic N) is 4. The third-order valence-electron chi connectivity index (χ3n) is 7.18. The van der Waals surface area contributed by atoms with Crippen LogP contribution in [0.1, 0.15) is 61.6 Å². The van der Waals surface area contributed by atoms with Crippen LogP contribution in [0.5, 0.6) is 0 Å². The highest BCUT2D eigenvalue weighted by Gasteiger charge is 2.41. The monoisotopic (exact) mass is 570 g/mol. The van der Waals surface area contributed by atoms with Gasteiger partial charge in [0.05, 0.1) is 23.3 Å². The summed E-state index contributed by atoms with van der Waals surface area (Å²) in [5, 5.41) is 22.3. The van der Waals surface area contributed by atoms with E-state index in [1.54, 1.807) is 4.90 Å². The van der Waals surface area contributed by atoms with E-state index >= 15 is 0 Å². The van der Waals surface area contributed by atoms with E-state index in [0.29, 0.717) is 45.8 Å². The van der Waals surface area contributed by atoms with E-state index in [2.05, 4.69) is 47.6 Å². The molecule has 2 heterocycles. The molecule has 0 spiro atoms. The first-order chi connectivity index (χ1) is 19.3. The van der Waals surface area contributed by atoms with Gasteiger partial charge in [-0.2, -0.15) is 5.26 Å². The Kier molecular flexibility index (Phi) is 8.05. The van der Waals surface area contributed by atoms with Crippen LogP contribution in [0, 0.1) is 18.3 Å². The van der Waals surface area contributed by atoms with E-state index in [9.17, 15) is 14.9 Å². The number of aryl methyl sites for hydroxylation is 1. The third kappa shape index (κ3) is 5.40. The van der Waals surface area contributed by atoms with Gasteiger partial charge >= 0.3 is 0 Å². The Balaban J connectivity index is 1.43. The number of carbonyl (C=O) groups excluding carboxylic acids is 2. The van der Waals surface area contributed by atoms with Crippen molar-refractivity contribution in [2.75, 3.05) is 16.0 Å². The highest BCUT2D eigenvalue weighted by atomic mass is 32.2. The molecule has 2 aromatic carbocycles. The molecule has 3 N–H and O–H groups in total. The predicted molar refractivity (Wildman–Crippen MR) is 159 cm³/mol. The molecule has 2 aliphatic rings. The van der Waals surface area contributed by atoms with E-state index in [1.807, 2.05) is 43.3 Å². The van der Waals surface area contributed by atoms with Gasteiger partial charge in [-0.1, -0.05) is 79.4 Å². The zero-order valence-corrected chi connectivity index (χ0v) is 24.2. The number of carbonyl (C=O) groups is 2. The van der Waals surface area contributed by atoms with E-state index in [4.69, 9.17) is 5.73 Å². The molecule has 0 bridgehead atoms. The van der Waals surface area contributed by atoms with Gasteiger partial charge in [-0.25, -0.2) is 0 Å². The molecule has 40 heavy (non-hydrogen) atoms. The molecule has 10 heteroatoms. The summed E-state index contributed by atoms with van der Waals surface area (Å²) < 4.78 is 0.594. The van der Waals surface area contributed by atoms with Crippen molar-refractivity contribution in [3.8, 4) is 6.07 Å². The van der Waals surface area contributed by atoms with Crippen molar-refractivity contribution in [3.05, 3.63) is 87.9 Å². The minimum absolute atomic E-state index is 0.0245. The maximum Gasteiger partial charge on any atom is 0.234 e. The fourth-order valence-electron chi connectivity index (χ4n) is 5.09. The summed E-state index contributed by atoms with van der Waals surface area (Å²) in [6.07, 6.45) is 1.77. The molecular weight excluding hydrogens is 541 g/mol. The number of nitrogens with two attached hydrogens (primary N) is 1. The first-order valence-corrected chi connectivity index (χ1v) is 15.0. The van der Waals surface area contributed by atoms with E-state index < -0.39 is 5.92 Å². The normalized spacial score (nSPS) is 17.2. The highest BCUT2D eigenvalue weighted by Crippen LogP contribution is 2.47. The Morgan fingerprint density at radius 3 is 2.65 bits per heavy atom. The van der Waals surface area contributed by atoms with Crippen molar-refractivity contribution >= 4 is 45.6 Å². The molecule has 1 aliphatic carbocycles. The lowest BCUT2D eigenvalue weighted by atomic mass is 9.75. The summed E-state index contributed by atoms with van der Waals surface area (Å²) >= 11 is 2.56. The predicted octanol–water partition coefficient (Wildman–Crippen LogP) is 6.01. The van der Waals surface area contributed by atoms with Crippen LogP contribution < -0.4 is 16.0 Å². The fourth-order valence-corrected chi connectivity index (χ4v) is 6.77. The number of amides is 1. The lowest BCUT2D eigenvalue weighted by Crippen LogP contribution is -2.38. The molecule has 1 aromatic heterocycles. The molecule has 3 aromatic rings. The number of benzene rings is 2. The zero-order chi connectivity index (χ0) is 28.4. The van der Waals surface area contributed by atoms with Crippen LogP contribution in [-0.2, 0) is 9.59 Å². The molecule has 204 valence electrons. The van der Waals surface area contributed by atoms with Crippen LogP contribution in [0.4, 0.5) is 10.8 Å². The van der Waals surface area contributed by atoms with Crippen molar-refractivity contribution in [3.63, 3.8) is 0 Å². The van der Waals surface area contributed by atoms with Gasteiger partial charge in [-0.15, -0.1) is 10.2 Å². The summed E-state index contributed by atoms with van der Waals surface area (Å²) in [5.74, 6) is 0.163. The number of nitrogens with one attached hydrogen (secondary N) is 1. The number of anilines is 2. The second-order valence-electron chi connectivity index (χ2n) is 10.1. The molecule has 1 aliphatic heterocycles. The van der Waals surface area contributed by atoms with Crippen LogP contribution in [0.25, 0.3) is 0 Å². The van der Waals surface area contributed by atoms with Crippen molar-refractivity contribution in [1.82, 2.24) is 10.2 Å². The minimum atomic E-state index is -0.517. The number of hydrogen-bond acceptors (Lipinski definition) is 9. The molecular formula is C30H30N6O2S2. The van der Waals surface area contributed by atoms with Crippen LogP contribution in [0.2, 0.25) is 0 Å². The highest BCUT2D eigenvalue weighted by molar-refractivity contribution is 8.01. The molecule has 1 atom stereocenters. The van der Waals surface area contributed by atoms with Crippen LogP contribution >= 0.6 is 23.1 Å². The lowest BCUT2D eigenvalue weighted by molar-refractivity contribution is -0.116. The summed E-state index contributed by atoms with van der Waals surface area (Å²) in [6, 6.07) is 18.0. The number of hydrogen-bond donors (Lipinski definition) is 2. The van der Waals surface area contributed by atoms with Crippen molar-refractivity contribution in [2.24, 2.45) is 5.73 Å². The number of ketones is 1. The molecule has 1 unspecified atom stereocenters. The fraction of sp³-hybridized carbons (Fsp3) is 0.300. The molecule has 0 saturated heterocycles. The van der Waals surface area contributed by atoms with Gasteiger partial charge in [0, 0.05) is 23.4 Å². The van der Waals surface area contributed by atoms with Crippen LogP contribution in [0.15, 0.2) is 75.5 Å². The van der Waals surface area contributed by atoms with Crippen molar-refractivity contribution in [1.29, 1.82) is 5.26 Å². The number of para-hydroxylation sites is 1. The minimum Gasteiger partial charge on any atom is -0.384 e. The first-order valence-electron chi connectivity index (χ1n) is 13.2. The van der Waals surface area contributed by atoms with Gasteiger partial charge in [-0.05, 0) is 48.4 Å². The average Bonchev–Trinajstić information content (AvgIpc) is 3.41. The van der Waals surface area contributed by atoms with Gasteiger partial charge in [-0.3, -0.25) is 14.5 Å². The van der Waals surface area contributed by atoms with Gasteiger partial charge in [0.1, 0.15) is 5.82 Å². The molecule has 8 nitrogen and oxygen atoms in total. The Morgan fingerprint density at radius 1 is 1.20 bits per heavy atom. The lowest BCUT2D eigenvalue weighted by Gasteiger charge is -2.38. The first kappa shape index (κ1) is 27.6. The number of thioether (sulfide) groups is 1. The number of Topliss-reactive ketones (excluding diaryl/α,β-unsaturated/α-hetero) is 1. The van der Waals surface area contributed by atoms with Crippen LogP contribution in [-0.4, -0.2) is 27.6 Å². The number of aromatic nitrogens is 2. The smallest absolute Gasteiger partial charge is 0.234 e. The Hall–Kier alpha value is -3.94. The van der Waals surface area contributed by atoms with Crippen molar-refractivity contribution in [2.45, 2.75) is 56.2 Å². The van der Waals surface area contributed by atoms with Gasteiger partial charge in [0.2, 0.25) is 11.0 Å². The Labute approximate surface area is 242 Å². The molecule has 1 amide bonds. The standard InChI is InChI=1S/C30H30N6O2S2/c1-17(2)19-11-13-20(14-12-19)26-21(15-31)28(32)36(23-9-6-10-24(37)27(23)26)29-34-35-30(40-29)39-16-25(38)33-22-8-5-4-7-18(22)3/h4-5,7-8,11-14,17,26H,6,9-10,16,32H2,1-3H3,(H,33,38). The molecule has 5 rings (SSSR count).